The summed E-state index contributed by atoms with van der Waals surface area (Å²) in [7, 11) is 1.58. The summed E-state index contributed by atoms with van der Waals surface area (Å²) in [4.78, 5) is 36.6. The highest BCUT2D eigenvalue weighted by molar-refractivity contribution is 7.13. The largest absolute Gasteiger partial charge is 0.497 e. The lowest BCUT2D eigenvalue weighted by atomic mass is 9.95. The van der Waals surface area contributed by atoms with Crippen molar-refractivity contribution in [3.63, 3.8) is 0 Å². The van der Waals surface area contributed by atoms with Crippen molar-refractivity contribution in [2.24, 2.45) is 5.92 Å². The number of anilines is 2. The molecule has 8 nitrogen and oxygen atoms in total. The third-order valence-electron chi connectivity index (χ3n) is 6.59. The maximum atomic E-state index is 13.3. The molecule has 0 aliphatic carbocycles. The Labute approximate surface area is 211 Å². The van der Waals surface area contributed by atoms with E-state index in [1.165, 1.54) is 48.6 Å². The molecule has 1 aromatic carbocycles. The van der Waals surface area contributed by atoms with Gasteiger partial charge in [0.05, 0.1) is 7.11 Å². The van der Waals surface area contributed by atoms with Gasteiger partial charge in [-0.3, -0.25) is 14.5 Å². The van der Waals surface area contributed by atoms with Crippen LogP contribution in [0, 0.1) is 5.92 Å². The standard InChI is InChI=1S/C24H33N5O3S.ClH/c1-32-20-7-5-19(6-8-20)23(31)29(21-17-33-24(25)26-21)16-22(30)28-13-9-18(10-14-28)15-27-11-3-2-4-12-27;/h5-8,17-18H,2-4,9-16H2,1H3,(H2,25,26);1H. The summed E-state index contributed by atoms with van der Waals surface area (Å²) < 4.78 is 5.18. The van der Waals surface area contributed by atoms with Gasteiger partial charge >= 0.3 is 0 Å². The summed E-state index contributed by atoms with van der Waals surface area (Å²) in [6.07, 6.45) is 5.98. The first-order valence-electron chi connectivity index (χ1n) is 11.7. The fourth-order valence-electron chi connectivity index (χ4n) is 4.66. The van der Waals surface area contributed by atoms with Gasteiger partial charge in [0.25, 0.3) is 5.91 Å². The van der Waals surface area contributed by atoms with E-state index < -0.39 is 0 Å². The number of hydrogen-bond acceptors (Lipinski definition) is 7. The van der Waals surface area contributed by atoms with Crippen molar-refractivity contribution in [3.05, 3.63) is 35.2 Å². The molecule has 34 heavy (non-hydrogen) atoms. The molecular formula is C24H34ClN5O3S. The average Bonchev–Trinajstić information content (AvgIpc) is 3.29. The van der Waals surface area contributed by atoms with Crippen LogP contribution in [0.4, 0.5) is 10.9 Å². The van der Waals surface area contributed by atoms with Crippen molar-refractivity contribution >= 4 is 46.5 Å². The van der Waals surface area contributed by atoms with Crippen molar-refractivity contribution in [3.8, 4) is 5.75 Å². The Hall–Kier alpha value is -2.36. The zero-order chi connectivity index (χ0) is 23.2. The molecule has 0 spiro atoms. The van der Waals surface area contributed by atoms with Gasteiger partial charge in [0.1, 0.15) is 18.1 Å². The zero-order valence-corrected chi connectivity index (χ0v) is 21.3. The number of amides is 2. The second-order valence-corrected chi connectivity index (χ2v) is 9.74. The lowest BCUT2D eigenvalue weighted by Gasteiger charge is -2.36. The number of rotatable bonds is 7. The minimum absolute atomic E-state index is 0. The molecule has 2 aliphatic heterocycles. The highest BCUT2D eigenvalue weighted by Gasteiger charge is 2.29. The number of likely N-dealkylation sites (tertiary alicyclic amines) is 2. The number of carbonyl (C=O) groups excluding carboxylic acids is 2. The summed E-state index contributed by atoms with van der Waals surface area (Å²) >= 11 is 1.25. The van der Waals surface area contributed by atoms with E-state index in [-0.39, 0.29) is 30.8 Å². The molecule has 2 aliphatic rings. The Balaban J connectivity index is 0.00000324. The van der Waals surface area contributed by atoms with E-state index in [0.717, 1.165) is 32.5 Å². The summed E-state index contributed by atoms with van der Waals surface area (Å²) in [5.74, 6) is 1.38. The molecule has 4 rings (SSSR count). The normalized spacial score (nSPS) is 17.1. The van der Waals surface area contributed by atoms with Gasteiger partial charge in [0.15, 0.2) is 5.13 Å². The van der Waals surface area contributed by atoms with Crippen LogP contribution in [-0.4, -0.2) is 73.0 Å². The lowest BCUT2D eigenvalue weighted by molar-refractivity contribution is -0.131. The minimum Gasteiger partial charge on any atom is -0.497 e. The Morgan fingerprint density at radius 3 is 2.38 bits per heavy atom. The second-order valence-electron chi connectivity index (χ2n) is 8.85. The van der Waals surface area contributed by atoms with Crippen LogP contribution in [0.1, 0.15) is 42.5 Å². The predicted octanol–water partition coefficient (Wildman–Crippen LogP) is 3.53. The summed E-state index contributed by atoms with van der Waals surface area (Å²) in [5, 5.41) is 2.08. The first-order chi connectivity index (χ1) is 16.0. The Bertz CT molecular complexity index is 940. The number of methoxy groups -OCH3 is 1. The molecule has 186 valence electrons. The Morgan fingerprint density at radius 1 is 1.12 bits per heavy atom. The molecular weight excluding hydrogens is 474 g/mol. The van der Waals surface area contributed by atoms with Gasteiger partial charge in [-0.2, -0.15) is 0 Å². The monoisotopic (exact) mass is 507 g/mol. The molecule has 2 saturated heterocycles. The number of carbonyl (C=O) groups is 2. The van der Waals surface area contributed by atoms with Gasteiger partial charge in [-0.25, -0.2) is 4.98 Å². The Morgan fingerprint density at radius 2 is 1.79 bits per heavy atom. The number of thiazole rings is 1. The molecule has 0 unspecified atom stereocenters. The highest BCUT2D eigenvalue weighted by Crippen LogP contribution is 2.24. The summed E-state index contributed by atoms with van der Waals surface area (Å²) in [6.45, 7) is 4.98. The van der Waals surface area contributed by atoms with Gasteiger partial charge in [0, 0.05) is 30.6 Å². The van der Waals surface area contributed by atoms with Crippen LogP contribution in [0.3, 0.4) is 0 Å². The van der Waals surface area contributed by atoms with Crippen LogP contribution >= 0.6 is 23.7 Å². The van der Waals surface area contributed by atoms with Gasteiger partial charge < -0.3 is 20.3 Å². The van der Waals surface area contributed by atoms with Gasteiger partial charge in [-0.15, -0.1) is 23.7 Å². The predicted molar refractivity (Wildman–Crippen MR) is 138 cm³/mol. The average molecular weight is 508 g/mol. The molecule has 0 radical (unpaired) electrons. The summed E-state index contributed by atoms with van der Waals surface area (Å²) in [6, 6.07) is 6.85. The van der Waals surface area contributed by atoms with E-state index >= 15 is 0 Å². The SMILES string of the molecule is COc1ccc(C(=O)N(CC(=O)N2CCC(CN3CCCCC3)CC2)c2csc(N)n2)cc1.Cl. The number of nitrogens with zero attached hydrogens (tertiary/aromatic N) is 4. The van der Waals surface area contributed by atoms with Crippen molar-refractivity contribution in [2.75, 3.05) is 57.0 Å². The van der Waals surface area contributed by atoms with Gasteiger partial charge in [0.2, 0.25) is 5.91 Å². The van der Waals surface area contributed by atoms with Crippen LogP contribution in [0.25, 0.3) is 0 Å². The zero-order valence-electron chi connectivity index (χ0n) is 19.6. The highest BCUT2D eigenvalue weighted by atomic mass is 35.5. The molecule has 1 aromatic heterocycles. The fraction of sp³-hybridized carbons (Fsp3) is 0.542. The molecule has 0 bridgehead atoms. The number of halogens is 1. The molecule has 0 saturated carbocycles. The van der Waals surface area contributed by atoms with Crippen LogP contribution in [0.5, 0.6) is 5.75 Å². The number of ether oxygens (including phenoxy) is 1. The molecule has 10 heteroatoms. The van der Waals surface area contributed by atoms with Crippen LogP contribution in [0.2, 0.25) is 0 Å². The molecule has 2 fully saturated rings. The maximum Gasteiger partial charge on any atom is 0.259 e. The van der Waals surface area contributed by atoms with E-state index in [1.807, 2.05) is 4.90 Å². The van der Waals surface area contributed by atoms with E-state index in [9.17, 15) is 9.59 Å². The van der Waals surface area contributed by atoms with Gasteiger partial charge in [-0.05, 0) is 69.0 Å². The molecule has 3 heterocycles. The van der Waals surface area contributed by atoms with E-state index in [4.69, 9.17) is 10.5 Å². The van der Waals surface area contributed by atoms with Crippen molar-refractivity contribution in [1.82, 2.24) is 14.8 Å². The van der Waals surface area contributed by atoms with E-state index in [1.54, 1.807) is 36.8 Å². The van der Waals surface area contributed by atoms with E-state index in [2.05, 4.69) is 9.88 Å². The topological polar surface area (TPSA) is 92.0 Å². The number of nitrogen functional groups attached to an aromatic ring is 1. The number of aromatic nitrogens is 1. The third kappa shape index (κ3) is 6.61. The van der Waals surface area contributed by atoms with Crippen LogP contribution in [-0.2, 0) is 4.79 Å². The first-order valence-corrected chi connectivity index (χ1v) is 12.6. The smallest absolute Gasteiger partial charge is 0.259 e. The molecule has 0 atom stereocenters. The van der Waals surface area contributed by atoms with Crippen molar-refractivity contribution < 1.29 is 14.3 Å². The second kappa shape index (κ2) is 12.4. The quantitative estimate of drug-likeness (QED) is 0.616. The number of piperidine rings is 2. The molecule has 2 amide bonds. The fourth-order valence-corrected chi connectivity index (χ4v) is 5.21. The first kappa shape index (κ1) is 26.2. The lowest BCUT2D eigenvalue weighted by Crippen LogP contribution is -2.47. The van der Waals surface area contributed by atoms with Crippen molar-refractivity contribution in [1.29, 1.82) is 0 Å². The van der Waals surface area contributed by atoms with Crippen molar-refractivity contribution in [2.45, 2.75) is 32.1 Å². The van der Waals surface area contributed by atoms with E-state index in [0.29, 0.717) is 28.2 Å². The maximum absolute atomic E-state index is 13.3. The Kier molecular flexibility index (Phi) is 9.55. The van der Waals surface area contributed by atoms with Crippen LogP contribution < -0.4 is 15.4 Å². The molecule has 2 N–H and O–H groups in total. The minimum atomic E-state index is -0.281. The van der Waals surface area contributed by atoms with Gasteiger partial charge in [-0.1, -0.05) is 6.42 Å². The third-order valence-corrected chi connectivity index (χ3v) is 7.26. The summed E-state index contributed by atoms with van der Waals surface area (Å²) in [5.41, 5.74) is 6.28. The number of nitrogens with two attached hydrogens (primary N) is 1. The van der Waals surface area contributed by atoms with Crippen LogP contribution in [0.15, 0.2) is 29.6 Å². The molecule has 2 aromatic rings. The number of hydrogen-bond donors (Lipinski definition) is 1. The number of benzene rings is 1.